The van der Waals surface area contributed by atoms with Crippen LogP contribution in [0.4, 0.5) is 0 Å². The summed E-state index contributed by atoms with van der Waals surface area (Å²) >= 11 is 0. The quantitative estimate of drug-likeness (QED) is 0.377. The zero-order valence-corrected chi connectivity index (χ0v) is 16.5. The van der Waals surface area contributed by atoms with Crippen molar-refractivity contribution in [2.75, 3.05) is 6.61 Å². The van der Waals surface area contributed by atoms with Crippen LogP contribution in [-0.4, -0.2) is 28.4 Å². The Morgan fingerprint density at radius 1 is 0.867 bits per heavy atom. The van der Waals surface area contributed by atoms with Crippen LogP contribution in [0.5, 0.6) is 0 Å². The molecular formula is C25H21NO4. The number of carbonyl (C=O) groups excluding carboxylic acids is 2. The van der Waals surface area contributed by atoms with E-state index in [1.165, 1.54) is 0 Å². The number of fused-ring (bicyclic) bond motifs is 1. The van der Waals surface area contributed by atoms with Crippen LogP contribution in [0, 0.1) is 6.92 Å². The number of ether oxygens (including phenoxy) is 1. The van der Waals surface area contributed by atoms with Gasteiger partial charge in [-0.3, -0.25) is 4.79 Å². The first kappa shape index (κ1) is 19.6. The molecule has 2 N–H and O–H groups in total. The predicted octanol–water partition coefficient (Wildman–Crippen LogP) is 4.14. The van der Waals surface area contributed by atoms with Gasteiger partial charge in [0.25, 0.3) is 0 Å². The number of aromatic amines is 1. The minimum atomic E-state index is -2.02. The molecule has 0 saturated carbocycles. The first-order chi connectivity index (χ1) is 14.5. The molecule has 4 aromatic rings. The first-order valence-electron chi connectivity index (χ1n) is 9.63. The van der Waals surface area contributed by atoms with Crippen molar-refractivity contribution in [1.29, 1.82) is 0 Å². The van der Waals surface area contributed by atoms with E-state index in [4.69, 9.17) is 4.74 Å². The van der Waals surface area contributed by atoms with Crippen molar-refractivity contribution in [3.05, 3.63) is 107 Å². The number of nitrogens with one attached hydrogen (secondary N) is 1. The largest absolute Gasteiger partial charge is 0.455 e. The van der Waals surface area contributed by atoms with Crippen molar-refractivity contribution in [3.8, 4) is 0 Å². The highest BCUT2D eigenvalue weighted by Crippen LogP contribution is 2.31. The van der Waals surface area contributed by atoms with Crippen LogP contribution in [0.3, 0.4) is 0 Å². The second-order valence-electron chi connectivity index (χ2n) is 7.11. The molecule has 5 heteroatoms. The number of H-pyrrole nitrogens is 1. The summed E-state index contributed by atoms with van der Waals surface area (Å²) in [6, 6.07) is 24.6. The van der Waals surface area contributed by atoms with Gasteiger partial charge in [-0.1, -0.05) is 78.9 Å². The number of benzene rings is 3. The van der Waals surface area contributed by atoms with Crippen LogP contribution < -0.4 is 0 Å². The van der Waals surface area contributed by atoms with Crippen molar-refractivity contribution in [1.82, 2.24) is 4.98 Å². The molecular weight excluding hydrogens is 378 g/mol. The van der Waals surface area contributed by atoms with Crippen molar-refractivity contribution in [2.24, 2.45) is 0 Å². The molecule has 30 heavy (non-hydrogen) atoms. The minimum Gasteiger partial charge on any atom is -0.455 e. The van der Waals surface area contributed by atoms with Crippen LogP contribution >= 0.6 is 0 Å². The third-order valence-corrected chi connectivity index (χ3v) is 5.19. The fourth-order valence-corrected chi connectivity index (χ4v) is 3.70. The third kappa shape index (κ3) is 3.40. The third-order valence-electron chi connectivity index (χ3n) is 5.19. The smallest absolute Gasteiger partial charge is 0.348 e. The Kier molecular flexibility index (Phi) is 5.21. The predicted molar refractivity (Wildman–Crippen MR) is 114 cm³/mol. The molecule has 0 fully saturated rings. The monoisotopic (exact) mass is 399 g/mol. The normalized spacial score (nSPS) is 11.4. The van der Waals surface area contributed by atoms with E-state index in [0.29, 0.717) is 22.4 Å². The molecule has 0 bridgehead atoms. The summed E-state index contributed by atoms with van der Waals surface area (Å²) in [5, 5.41) is 12.2. The average molecular weight is 399 g/mol. The summed E-state index contributed by atoms with van der Waals surface area (Å²) in [6.45, 7) is 1.34. The summed E-state index contributed by atoms with van der Waals surface area (Å²) in [4.78, 5) is 29.1. The van der Waals surface area contributed by atoms with Gasteiger partial charge in [0.05, 0.1) is 0 Å². The lowest BCUT2D eigenvalue weighted by molar-refractivity contribution is -0.160. The maximum absolute atomic E-state index is 13.1. The number of hydrogen-bond acceptors (Lipinski definition) is 4. The van der Waals surface area contributed by atoms with Crippen molar-refractivity contribution < 1.29 is 19.4 Å². The Morgan fingerprint density at radius 3 is 2.00 bits per heavy atom. The summed E-state index contributed by atoms with van der Waals surface area (Å²) in [5.74, 6) is -1.23. The molecule has 0 unspecified atom stereocenters. The van der Waals surface area contributed by atoms with Gasteiger partial charge in [0.2, 0.25) is 11.4 Å². The van der Waals surface area contributed by atoms with E-state index in [9.17, 15) is 14.7 Å². The number of Topliss-reactive ketones (excluding diaryl/α,β-unsaturated/α-hetero) is 1. The summed E-state index contributed by atoms with van der Waals surface area (Å²) < 4.78 is 5.35. The fraction of sp³-hybridized carbons (Fsp3) is 0.120. The number of carbonyl (C=O) groups is 2. The second kappa shape index (κ2) is 7.97. The standard InChI is InChI=1S/C25H21NO4/c1-17-23(20-14-8-9-15-21(20)26-17)22(27)16-30-24(28)25(29,18-10-4-2-5-11-18)19-12-6-3-7-13-19/h2-15,26,29H,16H2,1H3. The Balaban J connectivity index is 1.62. The van der Waals surface area contributed by atoms with E-state index in [-0.39, 0.29) is 5.78 Å². The molecule has 4 rings (SSSR count). The van der Waals surface area contributed by atoms with Gasteiger partial charge in [0, 0.05) is 22.2 Å². The van der Waals surface area contributed by atoms with E-state index in [1.807, 2.05) is 24.3 Å². The fourth-order valence-electron chi connectivity index (χ4n) is 3.70. The van der Waals surface area contributed by atoms with E-state index in [2.05, 4.69) is 4.98 Å². The van der Waals surface area contributed by atoms with Crippen molar-refractivity contribution in [3.63, 3.8) is 0 Å². The average Bonchev–Trinajstić information content (AvgIpc) is 3.13. The van der Waals surface area contributed by atoms with Crippen molar-refractivity contribution in [2.45, 2.75) is 12.5 Å². The lowest BCUT2D eigenvalue weighted by atomic mass is 9.86. The molecule has 5 nitrogen and oxygen atoms in total. The maximum Gasteiger partial charge on any atom is 0.348 e. The molecule has 150 valence electrons. The molecule has 0 atom stereocenters. The van der Waals surface area contributed by atoms with E-state index < -0.39 is 18.2 Å². The molecule has 0 radical (unpaired) electrons. The molecule has 0 amide bonds. The van der Waals surface area contributed by atoms with Crippen LogP contribution in [0.2, 0.25) is 0 Å². The van der Waals surface area contributed by atoms with Crippen LogP contribution in [-0.2, 0) is 15.1 Å². The van der Waals surface area contributed by atoms with Crippen LogP contribution in [0.25, 0.3) is 10.9 Å². The van der Waals surface area contributed by atoms with Gasteiger partial charge < -0.3 is 14.8 Å². The number of ketones is 1. The van der Waals surface area contributed by atoms with Gasteiger partial charge in [-0.05, 0) is 24.1 Å². The second-order valence-corrected chi connectivity index (χ2v) is 7.11. The zero-order valence-electron chi connectivity index (χ0n) is 16.5. The lowest BCUT2D eigenvalue weighted by Gasteiger charge is -2.27. The van der Waals surface area contributed by atoms with Gasteiger partial charge in [0.15, 0.2) is 6.61 Å². The Labute approximate surface area is 173 Å². The molecule has 0 aliphatic carbocycles. The number of esters is 1. The molecule has 1 heterocycles. The minimum absolute atomic E-state index is 0.332. The Bertz CT molecular complexity index is 1160. The Morgan fingerprint density at radius 2 is 1.40 bits per heavy atom. The van der Waals surface area contributed by atoms with E-state index in [1.54, 1.807) is 67.6 Å². The summed E-state index contributed by atoms with van der Waals surface area (Å²) in [5.41, 5.74) is 0.765. The summed E-state index contributed by atoms with van der Waals surface area (Å²) in [7, 11) is 0. The summed E-state index contributed by atoms with van der Waals surface area (Å²) in [6.07, 6.45) is 0. The number of rotatable bonds is 6. The number of hydrogen-bond donors (Lipinski definition) is 2. The van der Waals surface area contributed by atoms with Crippen LogP contribution in [0.15, 0.2) is 84.9 Å². The highest BCUT2D eigenvalue weighted by atomic mass is 16.6. The van der Waals surface area contributed by atoms with Crippen molar-refractivity contribution >= 4 is 22.7 Å². The number of aliphatic hydroxyl groups is 1. The SMILES string of the molecule is Cc1[nH]c2ccccc2c1C(=O)COC(=O)C(O)(c1ccccc1)c1ccccc1. The molecule has 3 aromatic carbocycles. The van der Waals surface area contributed by atoms with Gasteiger partial charge in [-0.15, -0.1) is 0 Å². The van der Waals surface area contributed by atoms with Crippen LogP contribution in [0.1, 0.15) is 27.2 Å². The van der Waals surface area contributed by atoms with Gasteiger partial charge in [-0.2, -0.15) is 0 Å². The number of para-hydroxylation sites is 1. The zero-order chi connectivity index (χ0) is 21.1. The number of aromatic nitrogens is 1. The molecule has 0 aliphatic heterocycles. The highest BCUT2D eigenvalue weighted by Gasteiger charge is 2.42. The first-order valence-corrected chi connectivity index (χ1v) is 9.63. The van der Waals surface area contributed by atoms with Gasteiger partial charge in [-0.25, -0.2) is 4.79 Å². The topological polar surface area (TPSA) is 79.4 Å². The highest BCUT2D eigenvalue weighted by molar-refractivity contribution is 6.10. The number of aryl methyl sites for hydroxylation is 1. The molecule has 1 aromatic heterocycles. The van der Waals surface area contributed by atoms with Gasteiger partial charge in [0.1, 0.15) is 0 Å². The molecule has 0 spiro atoms. The van der Waals surface area contributed by atoms with Gasteiger partial charge >= 0.3 is 5.97 Å². The van der Waals surface area contributed by atoms with E-state index >= 15 is 0 Å². The molecule has 0 aliphatic rings. The maximum atomic E-state index is 13.1. The Hall–Kier alpha value is -3.70. The van der Waals surface area contributed by atoms with E-state index in [0.717, 1.165) is 10.9 Å². The lowest BCUT2D eigenvalue weighted by Crippen LogP contribution is -2.39. The molecule has 0 saturated heterocycles.